The van der Waals surface area contributed by atoms with E-state index in [4.69, 9.17) is 9.47 Å². The molecule has 1 unspecified atom stereocenters. The molecule has 0 aromatic heterocycles. The summed E-state index contributed by atoms with van der Waals surface area (Å²) >= 11 is 0. The largest absolute Gasteiger partial charge is 0.493 e. The maximum Gasteiger partial charge on any atom is 0.236 e. The Morgan fingerprint density at radius 3 is 3.10 bits per heavy atom. The minimum absolute atomic E-state index is 0.00871. The molecule has 0 bridgehead atoms. The van der Waals surface area contributed by atoms with Gasteiger partial charge in [-0.15, -0.1) is 0 Å². The van der Waals surface area contributed by atoms with Crippen LogP contribution in [-0.4, -0.2) is 45.4 Å². The number of amides is 1. The maximum atomic E-state index is 11.8. The molecular formula is C16H24N2O3. The second kappa shape index (κ2) is 8.00. The number of methoxy groups -OCH3 is 1. The van der Waals surface area contributed by atoms with Crippen molar-refractivity contribution in [3.05, 3.63) is 29.3 Å². The molecule has 1 aliphatic rings. The van der Waals surface area contributed by atoms with E-state index in [-0.39, 0.29) is 11.9 Å². The zero-order chi connectivity index (χ0) is 15.1. The Hall–Kier alpha value is -1.59. The molecule has 2 N–H and O–H groups in total. The highest BCUT2D eigenvalue weighted by Gasteiger charge is 2.13. The van der Waals surface area contributed by atoms with Crippen LogP contribution in [0.2, 0.25) is 0 Å². The molecule has 5 heteroatoms. The first-order valence-electron chi connectivity index (χ1n) is 7.45. The van der Waals surface area contributed by atoms with Crippen molar-refractivity contribution in [2.75, 3.05) is 33.4 Å². The van der Waals surface area contributed by atoms with Gasteiger partial charge in [0.05, 0.1) is 19.3 Å². The average Bonchev–Trinajstić information content (AvgIpc) is 2.94. The Bertz CT molecular complexity index is 477. The zero-order valence-corrected chi connectivity index (χ0v) is 12.8. The van der Waals surface area contributed by atoms with Gasteiger partial charge in [0.1, 0.15) is 5.75 Å². The number of rotatable bonds is 8. The van der Waals surface area contributed by atoms with E-state index in [1.54, 1.807) is 7.11 Å². The van der Waals surface area contributed by atoms with Crippen LogP contribution in [-0.2, 0) is 22.4 Å². The monoisotopic (exact) mass is 292 g/mol. The quantitative estimate of drug-likeness (QED) is 0.699. The molecular weight excluding hydrogens is 268 g/mol. The van der Waals surface area contributed by atoms with Crippen LogP contribution in [0.25, 0.3) is 0 Å². The number of hydrogen-bond acceptors (Lipinski definition) is 4. The van der Waals surface area contributed by atoms with Gasteiger partial charge in [-0.2, -0.15) is 0 Å². The van der Waals surface area contributed by atoms with E-state index in [0.29, 0.717) is 13.2 Å². The van der Waals surface area contributed by atoms with Gasteiger partial charge in [0.25, 0.3) is 0 Å². The van der Waals surface area contributed by atoms with Crippen LogP contribution in [0.5, 0.6) is 5.75 Å². The molecule has 0 fully saturated rings. The summed E-state index contributed by atoms with van der Waals surface area (Å²) in [5.41, 5.74) is 2.57. The van der Waals surface area contributed by atoms with Crippen LogP contribution in [0.4, 0.5) is 0 Å². The summed E-state index contributed by atoms with van der Waals surface area (Å²) in [5, 5.41) is 6.06. The van der Waals surface area contributed by atoms with E-state index in [1.165, 1.54) is 11.1 Å². The second-order valence-electron chi connectivity index (χ2n) is 5.25. The lowest BCUT2D eigenvalue weighted by Gasteiger charge is -2.14. The molecule has 0 saturated carbocycles. The fourth-order valence-corrected chi connectivity index (χ4v) is 2.35. The third-order valence-corrected chi connectivity index (χ3v) is 3.62. The molecule has 0 spiro atoms. The van der Waals surface area contributed by atoms with Gasteiger partial charge in [-0.3, -0.25) is 4.79 Å². The highest BCUT2D eigenvalue weighted by Crippen LogP contribution is 2.25. The van der Waals surface area contributed by atoms with Gasteiger partial charge in [-0.05, 0) is 37.1 Å². The number of ether oxygens (including phenoxy) is 2. The lowest BCUT2D eigenvalue weighted by atomic mass is 10.1. The van der Waals surface area contributed by atoms with Crippen molar-refractivity contribution in [1.82, 2.24) is 10.6 Å². The van der Waals surface area contributed by atoms with Gasteiger partial charge in [-0.1, -0.05) is 12.1 Å². The molecule has 2 rings (SSSR count). The minimum Gasteiger partial charge on any atom is -0.493 e. The molecule has 1 amide bonds. The summed E-state index contributed by atoms with van der Waals surface area (Å²) in [6, 6.07) is 6.14. The van der Waals surface area contributed by atoms with E-state index in [0.717, 1.165) is 31.7 Å². The van der Waals surface area contributed by atoms with Gasteiger partial charge in [0.2, 0.25) is 5.91 Å². The van der Waals surface area contributed by atoms with Crippen LogP contribution in [0, 0.1) is 0 Å². The molecule has 0 aliphatic carbocycles. The molecule has 1 aromatic carbocycles. The van der Waals surface area contributed by atoms with Crippen LogP contribution in [0.1, 0.15) is 18.1 Å². The summed E-state index contributed by atoms with van der Waals surface area (Å²) < 4.78 is 10.4. The lowest BCUT2D eigenvalue weighted by molar-refractivity contribution is -0.122. The summed E-state index contributed by atoms with van der Waals surface area (Å²) in [7, 11) is 1.62. The normalized spacial score (nSPS) is 14.4. The van der Waals surface area contributed by atoms with Gasteiger partial charge in [0, 0.05) is 20.1 Å². The third kappa shape index (κ3) is 4.72. The zero-order valence-electron chi connectivity index (χ0n) is 12.8. The van der Waals surface area contributed by atoms with Crippen LogP contribution < -0.4 is 15.4 Å². The van der Waals surface area contributed by atoms with Gasteiger partial charge in [0.15, 0.2) is 0 Å². The second-order valence-corrected chi connectivity index (χ2v) is 5.25. The Balaban J connectivity index is 1.70. The topological polar surface area (TPSA) is 59.6 Å². The molecule has 1 aromatic rings. The Kier molecular flexibility index (Phi) is 6.02. The van der Waals surface area contributed by atoms with Crippen LogP contribution in [0.3, 0.4) is 0 Å². The summed E-state index contributed by atoms with van der Waals surface area (Å²) in [6.07, 6.45) is 1.90. The molecule has 1 atom stereocenters. The maximum absolute atomic E-state index is 11.8. The first kappa shape index (κ1) is 15.8. The third-order valence-electron chi connectivity index (χ3n) is 3.62. The number of hydrogen-bond donors (Lipinski definition) is 2. The minimum atomic E-state index is -0.195. The standard InChI is InChI=1S/C16H24N2O3/c1-12(16(19)18-8-10-20-2)17-7-5-13-3-4-15-14(11-13)6-9-21-15/h3-4,11-12,17H,5-10H2,1-2H3,(H,18,19). The molecule has 116 valence electrons. The van der Waals surface area contributed by atoms with Crippen molar-refractivity contribution in [2.45, 2.75) is 25.8 Å². The van der Waals surface area contributed by atoms with E-state index in [1.807, 2.05) is 13.0 Å². The number of benzene rings is 1. The Morgan fingerprint density at radius 1 is 1.43 bits per heavy atom. The molecule has 5 nitrogen and oxygen atoms in total. The van der Waals surface area contributed by atoms with Crippen molar-refractivity contribution in [2.24, 2.45) is 0 Å². The smallest absolute Gasteiger partial charge is 0.236 e. The fourth-order valence-electron chi connectivity index (χ4n) is 2.35. The highest BCUT2D eigenvalue weighted by atomic mass is 16.5. The van der Waals surface area contributed by atoms with Gasteiger partial charge < -0.3 is 20.1 Å². The number of carbonyl (C=O) groups is 1. The van der Waals surface area contributed by atoms with Crippen molar-refractivity contribution in [3.63, 3.8) is 0 Å². The molecule has 0 saturated heterocycles. The molecule has 21 heavy (non-hydrogen) atoms. The van der Waals surface area contributed by atoms with Crippen LogP contribution in [0.15, 0.2) is 18.2 Å². The van der Waals surface area contributed by atoms with Crippen molar-refractivity contribution in [3.8, 4) is 5.75 Å². The van der Waals surface area contributed by atoms with Gasteiger partial charge in [-0.25, -0.2) is 0 Å². The van der Waals surface area contributed by atoms with E-state index >= 15 is 0 Å². The summed E-state index contributed by atoms with van der Waals surface area (Å²) in [6.45, 7) is 4.52. The Morgan fingerprint density at radius 2 is 2.29 bits per heavy atom. The molecule has 0 radical (unpaired) electrons. The first-order valence-corrected chi connectivity index (χ1v) is 7.45. The van der Waals surface area contributed by atoms with E-state index in [2.05, 4.69) is 22.8 Å². The SMILES string of the molecule is COCCNC(=O)C(C)NCCc1ccc2c(c1)CCO2. The number of carbonyl (C=O) groups excluding carboxylic acids is 1. The number of fused-ring (bicyclic) bond motifs is 1. The van der Waals surface area contributed by atoms with Crippen molar-refractivity contribution < 1.29 is 14.3 Å². The fraction of sp³-hybridized carbons (Fsp3) is 0.562. The first-order chi connectivity index (χ1) is 10.2. The van der Waals surface area contributed by atoms with Crippen molar-refractivity contribution in [1.29, 1.82) is 0 Å². The highest BCUT2D eigenvalue weighted by molar-refractivity contribution is 5.81. The van der Waals surface area contributed by atoms with Crippen molar-refractivity contribution >= 4 is 5.91 Å². The Labute approximate surface area is 126 Å². The van der Waals surface area contributed by atoms with Crippen LogP contribution >= 0.6 is 0 Å². The predicted octanol–water partition coefficient (Wildman–Crippen LogP) is 0.905. The summed E-state index contributed by atoms with van der Waals surface area (Å²) in [4.78, 5) is 11.8. The van der Waals surface area contributed by atoms with E-state index < -0.39 is 0 Å². The lowest BCUT2D eigenvalue weighted by Crippen LogP contribution is -2.43. The summed E-state index contributed by atoms with van der Waals surface area (Å²) in [5.74, 6) is 1.02. The average molecular weight is 292 g/mol. The van der Waals surface area contributed by atoms with E-state index in [9.17, 15) is 4.79 Å². The number of nitrogens with one attached hydrogen (secondary N) is 2. The molecule has 1 heterocycles. The molecule has 1 aliphatic heterocycles. The van der Waals surface area contributed by atoms with Gasteiger partial charge >= 0.3 is 0 Å². The predicted molar refractivity (Wildman–Crippen MR) is 81.7 cm³/mol.